The number of aryl methyl sites for hydroxylation is 3. The predicted octanol–water partition coefficient (Wildman–Crippen LogP) is 3.05. The number of carbonyl (C=O) groups is 1. The lowest BCUT2D eigenvalue weighted by atomic mass is 10.1. The second-order valence-corrected chi connectivity index (χ2v) is 6.12. The first-order valence-corrected chi connectivity index (χ1v) is 7.70. The number of hydrogen-bond donors (Lipinski definition) is 1. The number of nitrogens with zero attached hydrogens (tertiary/aromatic N) is 1. The van der Waals surface area contributed by atoms with E-state index in [0.717, 1.165) is 23.5 Å². The van der Waals surface area contributed by atoms with Gasteiger partial charge in [0.2, 0.25) is 5.91 Å². The summed E-state index contributed by atoms with van der Waals surface area (Å²) < 4.78 is 0. The summed E-state index contributed by atoms with van der Waals surface area (Å²) in [5, 5.41) is 4.01. The summed E-state index contributed by atoms with van der Waals surface area (Å²) in [5.41, 5.74) is 2.33. The van der Waals surface area contributed by atoms with Crippen LogP contribution in [0.1, 0.15) is 27.6 Å². The van der Waals surface area contributed by atoms with Gasteiger partial charge in [-0.15, -0.1) is 11.3 Å². The van der Waals surface area contributed by atoms with Crippen molar-refractivity contribution in [3.63, 3.8) is 0 Å². The van der Waals surface area contributed by atoms with Crippen LogP contribution in [0.2, 0.25) is 0 Å². The fourth-order valence-corrected chi connectivity index (χ4v) is 2.88. The molecule has 0 unspecified atom stereocenters. The minimum absolute atomic E-state index is 0.103. The van der Waals surface area contributed by atoms with Crippen LogP contribution in [0.15, 0.2) is 30.3 Å². The number of amides is 1. The van der Waals surface area contributed by atoms with E-state index in [1.54, 1.807) is 11.3 Å². The zero-order chi connectivity index (χ0) is 14.4. The molecule has 106 valence electrons. The van der Waals surface area contributed by atoms with E-state index in [9.17, 15) is 4.79 Å². The SMILES string of the molecule is Cc1nc(CCC(=O)NCCc2ccccc2)sc1C. The summed E-state index contributed by atoms with van der Waals surface area (Å²) in [7, 11) is 0. The molecule has 20 heavy (non-hydrogen) atoms. The highest BCUT2D eigenvalue weighted by molar-refractivity contribution is 7.11. The van der Waals surface area contributed by atoms with E-state index in [-0.39, 0.29) is 5.91 Å². The molecule has 1 aromatic carbocycles. The molecule has 0 saturated heterocycles. The smallest absolute Gasteiger partial charge is 0.220 e. The van der Waals surface area contributed by atoms with Crippen molar-refractivity contribution in [1.29, 1.82) is 0 Å². The average Bonchev–Trinajstić information content (AvgIpc) is 2.77. The molecule has 0 aliphatic carbocycles. The fraction of sp³-hybridized carbons (Fsp3) is 0.375. The number of rotatable bonds is 6. The van der Waals surface area contributed by atoms with Gasteiger partial charge in [0.05, 0.1) is 10.7 Å². The van der Waals surface area contributed by atoms with Gasteiger partial charge in [0.25, 0.3) is 0 Å². The van der Waals surface area contributed by atoms with E-state index in [2.05, 4.69) is 29.4 Å². The molecule has 0 bridgehead atoms. The molecule has 2 aromatic rings. The van der Waals surface area contributed by atoms with Gasteiger partial charge < -0.3 is 5.32 Å². The molecule has 2 rings (SSSR count). The molecule has 0 aliphatic rings. The third-order valence-corrected chi connectivity index (χ3v) is 4.35. The molecule has 0 fully saturated rings. The summed E-state index contributed by atoms with van der Waals surface area (Å²) in [4.78, 5) is 17.5. The maximum atomic E-state index is 11.8. The van der Waals surface area contributed by atoms with Gasteiger partial charge in [0, 0.05) is 24.3 Å². The van der Waals surface area contributed by atoms with Crippen LogP contribution in [-0.2, 0) is 17.6 Å². The summed E-state index contributed by atoms with van der Waals surface area (Å²) in [6, 6.07) is 10.2. The van der Waals surface area contributed by atoms with Crippen molar-refractivity contribution in [2.45, 2.75) is 33.1 Å². The Kier molecular flexibility index (Phi) is 5.30. The van der Waals surface area contributed by atoms with E-state index >= 15 is 0 Å². The summed E-state index contributed by atoms with van der Waals surface area (Å²) in [5.74, 6) is 0.103. The van der Waals surface area contributed by atoms with Crippen LogP contribution < -0.4 is 5.32 Å². The minimum Gasteiger partial charge on any atom is -0.356 e. The number of benzene rings is 1. The van der Waals surface area contributed by atoms with Crippen molar-refractivity contribution in [3.8, 4) is 0 Å². The van der Waals surface area contributed by atoms with Gasteiger partial charge in [-0.1, -0.05) is 30.3 Å². The lowest BCUT2D eigenvalue weighted by Crippen LogP contribution is -2.25. The maximum Gasteiger partial charge on any atom is 0.220 e. The second-order valence-electron chi connectivity index (χ2n) is 4.83. The van der Waals surface area contributed by atoms with Crippen molar-refractivity contribution in [2.24, 2.45) is 0 Å². The highest BCUT2D eigenvalue weighted by Gasteiger charge is 2.06. The van der Waals surface area contributed by atoms with E-state index in [1.807, 2.05) is 25.1 Å². The average molecular weight is 288 g/mol. The zero-order valence-corrected chi connectivity index (χ0v) is 12.8. The van der Waals surface area contributed by atoms with E-state index in [1.165, 1.54) is 10.4 Å². The zero-order valence-electron chi connectivity index (χ0n) is 12.0. The standard InChI is InChI=1S/C16H20N2OS/c1-12-13(2)20-16(18-12)9-8-15(19)17-11-10-14-6-4-3-5-7-14/h3-7H,8-11H2,1-2H3,(H,17,19). The Hall–Kier alpha value is -1.68. The first-order valence-electron chi connectivity index (χ1n) is 6.88. The Labute approximate surface area is 124 Å². The van der Waals surface area contributed by atoms with Gasteiger partial charge in [-0.3, -0.25) is 4.79 Å². The summed E-state index contributed by atoms with van der Waals surface area (Å²) in [6.07, 6.45) is 2.12. The van der Waals surface area contributed by atoms with Crippen LogP contribution in [0, 0.1) is 13.8 Å². The first-order chi connectivity index (χ1) is 9.65. The molecule has 3 nitrogen and oxygen atoms in total. The first kappa shape index (κ1) is 14.7. The minimum atomic E-state index is 0.103. The molecular weight excluding hydrogens is 268 g/mol. The number of thiazole rings is 1. The van der Waals surface area contributed by atoms with Gasteiger partial charge in [-0.2, -0.15) is 0 Å². The normalized spacial score (nSPS) is 10.5. The molecule has 1 amide bonds. The number of hydrogen-bond acceptors (Lipinski definition) is 3. The molecule has 1 aromatic heterocycles. The highest BCUT2D eigenvalue weighted by atomic mass is 32.1. The lowest BCUT2D eigenvalue weighted by molar-refractivity contribution is -0.121. The molecular formula is C16H20N2OS. The second kappa shape index (κ2) is 7.20. The van der Waals surface area contributed by atoms with Crippen LogP contribution in [0.25, 0.3) is 0 Å². The topological polar surface area (TPSA) is 42.0 Å². The Bertz CT molecular complexity index is 544. The van der Waals surface area contributed by atoms with Crippen molar-refractivity contribution >= 4 is 17.2 Å². The largest absolute Gasteiger partial charge is 0.356 e. The monoisotopic (exact) mass is 288 g/mol. The molecule has 0 radical (unpaired) electrons. The van der Waals surface area contributed by atoms with Gasteiger partial charge >= 0.3 is 0 Å². The van der Waals surface area contributed by atoms with Crippen LogP contribution in [0.4, 0.5) is 0 Å². The van der Waals surface area contributed by atoms with Crippen LogP contribution >= 0.6 is 11.3 Å². The van der Waals surface area contributed by atoms with Gasteiger partial charge in [0.1, 0.15) is 0 Å². The molecule has 1 heterocycles. The van der Waals surface area contributed by atoms with Crippen molar-refractivity contribution in [1.82, 2.24) is 10.3 Å². The third kappa shape index (κ3) is 4.46. The Morgan fingerprint density at radius 2 is 1.95 bits per heavy atom. The van der Waals surface area contributed by atoms with Gasteiger partial charge in [-0.25, -0.2) is 4.98 Å². The quantitative estimate of drug-likeness (QED) is 0.887. The molecule has 1 N–H and O–H groups in total. The van der Waals surface area contributed by atoms with E-state index in [0.29, 0.717) is 13.0 Å². The Morgan fingerprint density at radius 1 is 1.20 bits per heavy atom. The number of aromatic nitrogens is 1. The molecule has 0 atom stereocenters. The maximum absolute atomic E-state index is 11.8. The Balaban J connectivity index is 1.68. The van der Waals surface area contributed by atoms with E-state index in [4.69, 9.17) is 0 Å². The van der Waals surface area contributed by atoms with Gasteiger partial charge in [0.15, 0.2) is 0 Å². The van der Waals surface area contributed by atoms with Crippen molar-refractivity contribution < 1.29 is 4.79 Å². The fourth-order valence-electron chi connectivity index (χ4n) is 1.95. The molecule has 0 saturated carbocycles. The summed E-state index contributed by atoms with van der Waals surface area (Å²) in [6.45, 7) is 4.77. The van der Waals surface area contributed by atoms with Crippen LogP contribution in [-0.4, -0.2) is 17.4 Å². The van der Waals surface area contributed by atoms with Crippen molar-refractivity contribution in [2.75, 3.05) is 6.54 Å². The summed E-state index contributed by atoms with van der Waals surface area (Å²) >= 11 is 1.69. The van der Waals surface area contributed by atoms with Crippen molar-refractivity contribution in [3.05, 3.63) is 51.5 Å². The van der Waals surface area contributed by atoms with E-state index < -0.39 is 0 Å². The lowest BCUT2D eigenvalue weighted by Gasteiger charge is -2.04. The predicted molar refractivity (Wildman–Crippen MR) is 83.1 cm³/mol. The molecule has 4 heteroatoms. The number of nitrogens with one attached hydrogen (secondary N) is 1. The molecule has 0 spiro atoms. The van der Waals surface area contributed by atoms with Gasteiger partial charge in [-0.05, 0) is 25.8 Å². The third-order valence-electron chi connectivity index (χ3n) is 3.22. The van der Waals surface area contributed by atoms with Crippen LogP contribution in [0.5, 0.6) is 0 Å². The Morgan fingerprint density at radius 3 is 2.60 bits per heavy atom. The highest BCUT2D eigenvalue weighted by Crippen LogP contribution is 2.17. The van der Waals surface area contributed by atoms with Crippen LogP contribution in [0.3, 0.4) is 0 Å². The number of carbonyl (C=O) groups excluding carboxylic acids is 1. The molecule has 0 aliphatic heterocycles.